The number of amides is 2. The predicted octanol–water partition coefficient (Wildman–Crippen LogP) is 2.73. The second-order valence-electron chi connectivity index (χ2n) is 10.9. The maximum Gasteiger partial charge on any atom is 0.258 e. The number of carbonyl (C=O) groups is 2. The van der Waals surface area contributed by atoms with Gasteiger partial charge in [-0.05, 0) is 83.6 Å². The van der Waals surface area contributed by atoms with E-state index in [9.17, 15) is 14.7 Å². The van der Waals surface area contributed by atoms with Gasteiger partial charge in [-0.2, -0.15) is 5.10 Å². The van der Waals surface area contributed by atoms with Gasteiger partial charge in [-0.25, -0.2) is 4.68 Å². The molecule has 8 heteroatoms. The normalized spacial score (nSPS) is 31.3. The van der Waals surface area contributed by atoms with Crippen molar-refractivity contribution in [1.29, 1.82) is 0 Å². The molecule has 0 radical (unpaired) electrons. The molecule has 1 aromatic heterocycles. The van der Waals surface area contributed by atoms with Crippen molar-refractivity contribution in [3.63, 3.8) is 0 Å². The third-order valence-corrected chi connectivity index (χ3v) is 7.01. The summed E-state index contributed by atoms with van der Waals surface area (Å²) in [4.78, 5) is 24.7. The molecule has 0 spiro atoms. The Balaban J connectivity index is 1.53. The van der Waals surface area contributed by atoms with Crippen molar-refractivity contribution in [2.24, 2.45) is 17.8 Å². The molecule has 1 aromatic rings. The van der Waals surface area contributed by atoms with Gasteiger partial charge in [0.05, 0.1) is 23.4 Å². The molecule has 176 valence electrons. The van der Waals surface area contributed by atoms with Crippen molar-refractivity contribution in [3.05, 3.63) is 17.8 Å². The van der Waals surface area contributed by atoms with E-state index >= 15 is 0 Å². The number of hydrogen-bond acceptors (Lipinski definition) is 5. The van der Waals surface area contributed by atoms with Gasteiger partial charge in [0.15, 0.2) is 0 Å². The zero-order valence-corrected chi connectivity index (χ0v) is 19.7. The second-order valence-corrected chi connectivity index (χ2v) is 10.9. The Morgan fingerprint density at radius 3 is 2.50 bits per heavy atom. The van der Waals surface area contributed by atoms with E-state index in [1.807, 2.05) is 33.8 Å². The summed E-state index contributed by atoms with van der Waals surface area (Å²) in [5.41, 5.74) is -0.705. The summed E-state index contributed by atoms with van der Waals surface area (Å²) in [5.74, 6) is 1.32. The predicted molar refractivity (Wildman–Crippen MR) is 121 cm³/mol. The van der Waals surface area contributed by atoms with E-state index in [1.54, 1.807) is 6.20 Å². The molecule has 0 saturated heterocycles. The van der Waals surface area contributed by atoms with Gasteiger partial charge in [-0.15, -0.1) is 0 Å². The molecule has 1 heterocycles. The SMILES string of the molecule is CC(=O)NC(C)(C)/C=C/n1ncc(C(=O)N[C@H]2C3CC4CC2C[C@](O)(C4)C3)c1OC(C)C. The third-order valence-electron chi connectivity index (χ3n) is 7.01. The van der Waals surface area contributed by atoms with Crippen molar-refractivity contribution in [2.75, 3.05) is 0 Å². The minimum Gasteiger partial charge on any atom is -0.474 e. The first kappa shape index (κ1) is 22.8. The molecule has 4 bridgehead atoms. The first-order chi connectivity index (χ1) is 14.9. The van der Waals surface area contributed by atoms with Crippen LogP contribution in [0.2, 0.25) is 0 Å². The average molecular weight is 445 g/mol. The molecule has 4 fully saturated rings. The number of aliphatic hydroxyl groups is 1. The molecule has 2 atom stereocenters. The molecule has 32 heavy (non-hydrogen) atoms. The molecule has 2 amide bonds. The van der Waals surface area contributed by atoms with Crippen molar-refractivity contribution < 1.29 is 19.4 Å². The first-order valence-electron chi connectivity index (χ1n) is 11.7. The summed E-state index contributed by atoms with van der Waals surface area (Å²) in [7, 11) is 0. The molecule has 0 aromatic carbocycles. The van der Waals surface area contributed by atoms with E-state index in [0.717, 1.165) is 32.1 Å². The van der Waals surface area contributed by atoms with E-state index in [4.69, 9.17) is 4.74 Å². The minimum absolute atomic E-state index is 0.0869. The average Bonchev–Trinajstić information content (AvgIpc) is 3.02. The van der Waals surface area contributed by atoms with E-state index < -0.39 is 11.1 Å². The summed E-state index contributed by atoms with van der Waals surface area (Å²) in [6.07, 6.45) is 9.56. The first-order valence-corrected chi connectivity index (χ1v) is 11.7. The van der Waals surface area contributed by atoms with Gasteiger partial charge in [0.2, 0.25) is 11.8 Å². The third kappa shape index (κ3) is 4.70. The lowest BCUT2D eigenvalue weighted by Crippen LogP contribution is -2.61. The number of nitrogens with one attached hydrogen (secondary N) is 2. The van der Waals surface area contributed by atoms with Gasteiger partial charge < -0.3 is 20.5 Å². The highest BCUT2D eigenvalue weighted by Crippen LogP contribution is 2.55. The molecule has 4 aliphatic carbocycles. The van der Waals surface area contributed by atoms with Gasteiger partial charge in [0.25, 0.3) is 5.91 Å². The van der Waals surface area contributed by atoms with Crippen LogP contribution in [0.3, 0.4) is 0 Å². The van der Waals surface area contributed by atoms with Crippen LogP contribution in [0.4, 0.5) is 0 Å². The quantitative estimate of drug-likeness (QED) is 0.600. The fourth-order valence-corrected chi connectivity index (χ4v) is 6.15. The van der Waals surface area contributed by atoms with Crippen LogP contribution in [-0.2, 0) is 4.79 Å². The molecule has 2 unspecified atom stereocenters. The van der Waals surface area contributed by atoms with E-state index in [2.05, 4.69) is 15.7 Å². The maximum atomic E-state index is 13.3. The van der Waals surface area contributed by atoms with Crippen LogP contribution < -0.4 is 15.4 Å². The van der Waals surface area contributed by atoms with Gasteiger partial charge in [-0.3, -0.25) is 9.59 Å². The van der Waals surface area contributed by atoms with Crippen LogP contribution in [0.25, 0.3) is 6.20 Å². The fraction of sp³-hybridized carbons (Fsp3) is 0.708. The Bertz CT molecular complexity index is 903. The van der Waals surface area contributed by atoms with Crippen LogP contribution in [0, 0.1) is 17.8 Å². The van der Waals surface area contributed by atoms with Crippen LogP contribution in [-0.4, -0.2) is 50.0 Å². The van der Waals surface area contributed by atoms with Crippen LogP contribution in [0.15, 0.2) is 12.3 Å². The van der Waals surface area contributed by atoms with Gasteiger partial charge in [-0.1, -0.05) is 0 Å². The topological polar surface area (TPSA) is 105 Å². The van der Waals surface area contributed by atoms with Crippen molar-refractivity contribution in [2.45, 2.75) is 90.0 Å². The van der Waals surface area contributed by atoms with Gasteiger partial charge >= 0.3 is 0 Å². The van der Waals surface area contributed by atoms with Crippen molar-refractivity contribution in [1.82, 2.24) is 20.4 Å². The minimum atomic E-state index is -0.573. The molecule has 8 nitrogen and oxygen atoms in total. The lowest BCUT2D eigenvalue weighted by atomic mass is 9.52. The number of aromatic nitrogens is 2. The Morgan fingerprint density at radius 2 is 1.94 bits per heavy atom. The second kappa shape index (κ2) is 8.21. The maximum absolute atomic E-state index is 13.3. The lowest BCUT2D eigenvalue weighted by Gasteiger charge is -2.58. The summed E-state index contributed by atoms with van der Waals surface area (Å²) < 4.78 is 7.51. The Labute approximate surface area is 189 Å². The van der Waals surface area contributed by atoms with Crippen LogP contribution in [0.1, 0.15) is 77.1 Å². The van der Waals surface area contributed by atoms with E-state index in [0.29, 0.717) is 29.2 Å². The molecular formula is C24H36N4O4. The number of hydrogen-bond donors (Lipinski definition) is 3. The fourth-order valence-electron chi connectivity index (χ4n) is 6.15. The Kier molecular flexibility index (Phi) is 5.86. The lowest BCUT2D eigenvalue weighted by molar-refractivity contribution is -0.137. The highest BCUT2D eigenvalue weighted by Gasteiger charge is 2.55. The van der Waals surface area contributed by atoms with Crippen LogP contribution in [0.5, 0.6) is 5.88 Å². The number of carbonyl (C=O) groups excluding carboxylic acids is 2. The monoisotopic (exact) mass is 444 g/mol. The summed E-state index contributed by atoms with van der Waals surface area (Å²) in [6.45, 7) is 9.05. The van der Waals surface area contributed by atoms with Gasteiger partial charge in [0.1, 0.15) is 5.56 Å². The molecule has 3 N–H and O–H groups in total. The molecular weight excluding hydrogens is 408 g/mol. The highest BCUT2D eigenvalue weighted by atomic mass is 16.5. The smallest absolute Gasteiger partial charge is 0.258 e. The number of ether oxygens (including phenoxy) is 1. The Hall–Kier alpha value is -2.35. The zero-order valence-electron chi connectivity index (χ0n) is 19.7. The largest absolute Gasteiger partial charge is 0.474 e. The number of rotatable bonds is 7. The van der Waals surface area contributed by atoms with Crippen molar-refractivity contribution >= 4 is 18.0 Å². The van der Waals surface area contributed by atoms with Crippen molar-refractivity contribution in [3.8, 4) is 5.88 Å². The summed E-state index contributed by atoms with van der Waals surface area (Å²) in [6, 6.07) is 0.0869. The summed E-state index contributed by atoms with van der Waals surface area (Å²) >= 11 is 0. The highest BCUT2D eigenvalue weighted by molar-refractivity contribution is 5.96. The molecule has 5 rings (SSSR count). The Morgan fingerprint density at radius 1 is 1.28 bits per heavy atom. The standard InChI is InChI=1S/C24H36N4O4/c1-14(2)32-22-19(13-25-28(22)7-6-23(4,5)27-15(3)29)21(30)26-20-17-8-16-9-18(20)12-24(31,10-16)11-17/h6-7,13-14,16-18,20,31H,8-12H2,1-5H3,(H,26,30)(H,27,29)/b7-6+/t16?,17?,18?,20-,24-. The summed E-state index contributed by atoms with van der Waals surface area (Å²) in [5, 5.41) is 21.3. The molecule has 4 aliphatic rings. The molecule has 0 aliphatic heterocycles. The zero-order chi connectivity index (χ0) is 23.3. The van der Waals surface area contributed by atoms with Gasteiger partial charge in [0, 0.05) is 19.2 Å². The van der Waals surface area contributed by atoms with E-state index in [-0.39, 0.29) is 24.0 Å². The van der Waals surface area contributed by atoms with Crippen LogP contribution >= 0.6 is 0 Å². The van der Waals surface area contributed by atoms with E-state index in [1.165, 1.54) is 17.8 Å². The number of nitrogens with zero attached hydrogens (tertiary/aromatic N) is 2. The molecule has 4 saturated carbocycles.